The molecule has 0 bridgehead atoms. The molecule has 0 fully saturated rings. The van der Waals surface area contributed by atoms with Gasteiger partial charge in [-0.05, 0) is 30.7 Å². The molecule has 3 rings (SSSR count). The smallest absolute Gasteiger partial charge is 0.241 e. The molecular formula is C15H16N2O3S. The van der Waals surface area contributed by atoms with E-state index in [9.17, 15) is 8.42 Å². The van der Waals surface area contributed by atoms with Gasteiger partial charge in [-0.1, -0.05) is 24.3 Å². The first-order valence-corrected chi connectivity index (χ1v) is 8.06. The van der Waals surface area contributed by atoms with Crippen molar-refractivity contribution in [2.75, 3.05) is 12.3 Å². The lowest BCUT2D eigenvalue weighted by Gasteiger charge is -2.14. The van der Waals surface area contributed by atoms with Crippen LogP contribution in [-0.4, -0.2) is 15.0 Å². The highest BCUT2D eigenvalue weighted by Gasteiger charge is 2.29. The Bertz CT molecular complexity index is 787. The number of hydrogen-bond acceptors (Lipinski definition) is 4. The average Bonchev–Trinajstić information content (AvgIpc) is 2.84. The zero-order valence-electron chi connectivity index (χ0n) is 11.5. The summed E-state index contributed by atoms with van der Waals surface area (Å²) in [4.78, 5) is 0.201. The van der Waals surface area contributed by atoms with Gasteiger partial charge in [-0.2, -0.15) is 0 Å². The van der Waals surface area contributed by atoms with E-state index in [0.29, 0.717) is 17.9 Å². The van der Waals surface area contributed by atoms with Gasteiger partial charge in [0.2, 0.25) is 10.0 Å². The van der Waals surface area contributed by atoms with Crippen LogP contribution in [0, 0.1) is 6.92 Å². The Kier molecular flexibility index (Phi) is 3.35. The fourth-order valence-corrected chi connectivity index (χ4v) is 3.90. The largest absolute Gasteiger partial charge is 0.491 e. The second-order valence-corrected chi connectivity index (χ2v) is 6.73. The van der Waals surface area contributed by atoms with Crippen molar-refractivity contribution in [1.29, 1.82) is 0 Å². The number of nitrogens with two attached hydrogens (primary N) is 1. The molecule has 1 aliphatic heterocycles. The summed E-state index contributed by atoms with van der Waals surface area (Å²) in [6.07, 6.45) is 0. The van der Waals surface area contributed by atoms with Gasteiger partial charge in [0, 0.05) is 11.3 Å². The van der Waals surface area contributed by atoms with Crippen molar-refractivity contribution in [3.8, 4) is 5.75 Å². The fraction of sp³-hybridized carbons (Fsp3) is 0.200. The zero-order valence-corrected chi connectivity index (χ0v) is 12.4. The fourth-order valence-electron chi connectivity index (χ4n) is 2.42. The molecule has 0 saturated heterocycles. The molecule has 2 aromatic rings. The maximum absolute atomic E-state index is 12.5. The molecule has 0 amide bonds. The first-order valence-electron chi connectivity index (χ1n) is 6.57. The lowest BCUT2D eigenvalue weighted by molar-refractivity contribution is 0.325. The molecule has 0 aliphatic carbocycles. The third-order valence-electron chi connectivity index (χ3n) is 3.50. The van der Waals surface area contributed by atoms with Gasteiger partial charge in [0.25, 0.3) is 0 Å². The van der Waals surface area contributed by atoms with Gasteiger partial charge in [-0.3, -0.25) is 0 Å². The van der Waals surface area contributed by atoms with Crippen molar-refractivity contribution in [2.24, 2.45) is 0 Å². The number of nitrogens with one attached hydrogen (secondary N) is 1. The number of benzene rings is 2. The van der Waals surface area contributed by atoms with Crippen molar-refractivity contribution >= 4 is 15.7 Å². The van der Waals surface area contributed by atoms with Gasteiger partial charge in [-0.25, -0.2) is 13.1 Å². The Labute approximate surface area is 123 Å². The van der Waals surface area contributed by atoms with Crippen LogP contribution in [0.1, 0.15) is 17.2 Å². The number of hydrogen-bond donors (Lipinski definition) is 2. The maximum Gasteiger partial charge on any atom is 0.241 e. The highest BCUT2D eigenvalue weighted by atomic mass is 32.2. The van der Waals surface area contributed by atoms with E-state index in [1.165, 1.54) is 6.07 Å². The van der Waals surface area contributed by atoms with Crippen LogP contribution >= 0.6 is 0 Å². The topological polar surface area (TPSA) is 81.4 Å². The summed E-state index contributed by atoms with van der Waals surface area (Å²) in [5, 5.41) is 0. The molecule has 1 unspecified atom stereocenters. The summed E-state index contributed by atoms with van der Waals surface area (Å²) in [6.45, 7) is 2.03. The molecule has 1 heterocycles. The van der Waals surface area contributed by atoms with E-state index in [1.54, 1.807) is 19.1 Å². The summed E-state index contributed by atoms with van der Waals surface area (Å²) < 4.78 is 33.3. The van der Waals surface area contributed by atoms with E-state index < -0.39 is 10.0 Å². The van der Waals surface area contributed by atoms with Crippen LogP contribution in [0.4, 0.5) is 5.69 Å². The molecule has 6 heteroatoms. The third kappa shape index (κ3) is 2.59. The Balaban J connectivity index is 1.93. The minimum atomic E-state index is -3.65. The molecule has 0 spiro atoms. The van der Waals surface area contributed by atoms with Crippen LogP contribution < -0.4 is 15.2 Å². The molecule has 0 aromatic heterocycles. The van der Waals surface area contributed by atoms with E-state index >= 15 is 0 Å². The molecule has 5 nitrogen and oxygen atoms in total. The molecule has 1 aliphatic rings. The van der Waals surface area contributed by atoms with Crippen molar-refractivity contribution in [1.82, 2.24) is 4.72 Å². The molecule has 21 heavy (non-hydrogen) atoms. The van der Waals surface area contributed by atoms with Crippen LogP contribution in [0.25, 0.3) is 0 Å². The van der Waals surface area contributed by atoms with Crippen molar-refractivity contribution < 1.29 is 13.2 Å². The van der Waals surface area contributed by atoms with Crippen molar-refractivity contribution in [2.45, 2.75) is 17.9 Å². The molecule has 3 N–H and O–H groups in total. The van der Waals surface area contributed by atoms with E-state index in [-0.39, 0.29) is 10.9 Å². The number of ether oxygens (including phenoxy) is 1. The first kappa shape index (κ1) is 13.9. The van der Waals surface area contributed by atoms with Gasteiger partial charge in [0.1, 0.15) is 12.4 Å². The van der Waals surface area contributed by atoms with Crippen LogP contribution in [0.5, 0.6) is 5.75 Å². The molecule has 110 valence electrons. The Morgan fingerprint density at radius 2 is 2.00 bits per heavy atom. The Morgan fingerprint density at radius 1 is 1.24 bits per heavy atom. The number of sulfonamides is 1. The second kappa shape index (κ2) is 5.05. The van der Waals surface area contributed by atoms with Gasteiger partial charge in [0.05, 0.1) is 10.9 Å². The lowest BCUT2D eigenvalue weighted by atomic mass is 10.1. The van der Waals surface area contributed by atoms with Gasteiger partial charge in [0.15, 0.2) is 0 Å². The third-order valence-corrected chi connectivity index (χ3v) is 5.11. The predicted molar refractivity (Wildman–Crippen MR) is 80.6 cm³/mol. The van der Waals surface area contributed by atoms with Crippen LogP contribution in [0.3, 0.4) is 0 Å². The molecule has 2 aromatic carbocycles. The predicted octanol–water partition coefficient (Wildman–Crippen LogP) is 1.99. The van der Waals surface area contributed by atoms with Crippen molar-refractivity contribution in [3.63, 3.8) is 0 Å². The summed E-state index contributed by atoms with van der Waals surface area (Å²) in [6, 6.07) is 11.9. The second-order valence-electron chi connectivity index (χ2n) is 5.05. The van der Waals surface area contributed by atoms with E-state index in [1.807, 2.05) is 24.3 Å². The standard InChI is InChI=1S/C15H16N2O3S/c1-10-6-7-11(16)8-15(10)21(18,19)17-13-9-20-14-5-3-2-4-12(13)14/h2-8,13,17H,9,16H2,1H3. The summed E-state index contributed by atoms with van der Waals surface area (Å²) in [5.74, 6) is 0.717. The normalized spacial score (nSPS) is 17.3. The number of para-hydroxylation sites is 1. The van der Waals surface area contributed by atoms with Crippen LogP contribution in [0.2, 0.25) is 0 Å². The highest BCUT2D eigenvalue weighted by Crippen LogP contribution is 2.33. The number of fused-ring (bicyclic) bond motifs is 1. The number of aryl methyl sites for hydroxylation is 1. The number of rotatable bonds is 3. The van der Waals surface area contributed by atoms with Crippen LogP contribution in [0.15, 0.2) is 47.4 Å². The minimum Gasteiger partial charge on any atom is -0.491 e. The minimum absolute atomic E-state index is 0.201. The highest BCUT2D eigenvalue weighted by molar-refractivity contribution is 7.89. The van der Waals surface area contributed by atoms with Gasteiger partial charge < -0.3 is 10.5 Å². The zero-order chi connectivity index (χ0) is 15.0. The van der Waals surface area contributed by atoms with Gasteiger partial charge in [-0.15, -0.1) is 0 Å². The summed E-state index contributed by atoms with van der Waals surface area (Å²) in [5.41, 5.74) is 7.62. The molecule has 0 radical (unpaired) electrons. The van der Waals surface area contributed by atoms with E-state index in [0.717, 1.165) is 11.3 Å². The lowest BCUT2D eigenvalue weighted by Crippen LogP contribution is -2.30. The first-order chi connectivity index (χ1) is 9.97. The van der Waals surface area contributed by atoms with E-state index in [4.69, 9.17) is 10.5 Å². The summed E-state index contributed by atoms with van der Waals surface area (Å²) >= 11 is 0. The SMILES string of the molecule is Cc1ccc(N)cc1S(=O)(=O)NC1COc2ccccc21. The Hall–Kier alpha value is -2.05. The number of nitrogen functional groups attached to an aromatic ring is 1. The average molecular weight is 304 g/mol. The quantitative estimate of drug-likeness (QED) is 0.850. The van der Waals surface area contributed by atoms with E-state index in [2.05, 4.69) is 4.72 Å². The van der Waals surface area contributed by atoms with Gasteiger partial charge >= 0.3 is 0 Å². The molecule has 1 atom stereocenters. The molecule has 0 saturated carbocycles. The maximum atomic E-state index is 12.5. The Morgan fingerprint density at radius 3 is 2.81 bits per heavy atom. The number of anilines is 1. The summed E-state index contributed by atoms with van der Waals surface area (Å²) in [7, 11) is -3.65. The monoisotopic (exact) mass is 304 g/mol. The van der Waals surface area contributed by atoms with Crippen LogP contribution in [-0.2, 0) is 10.0 Å². The van der Waals surface area contributed by atoms with Crippen molar-refractivity contribution in [3.05, 3.63) is 53.6 Å². The molecular weight excluding hydrogens is 288 g/mol.